The van der Waals surface area contributed by atoms with Gasteiger partial charge in [0.25, 0.3) is 0 Å². The van der Waals surface area contributed by atoms with Gasteiger partial charge < -0.3 is 11.1 Å². The number of thiocarbonyl (C=S) groups is 1. The zero-order chi connectivity index (χ0) is 13.1. The highest BCUT2D eigenvalue weighted by atomic mass is 127. The van der Waals surface area contributed by atoms with Gasteiger partial charge in [-0.25, -0.2) is 0 Å². The fourth-order valence-corrected chi connectivity index (χ4v) is 2.11. The van der Waals surface area contributed by atoms with Crippen LogP contribution in [0.15, 0.2) is 36.5 Å². The molecule has 0 spiro atoms. The van der Waals surface area contributed by atoms with E-state index in [-0.39, 0.29) is 0 Å². The number of nitrogens with zero attached hydrogens (tertiary/aromatic N) is 1. The standard InChI is InChI=1S/C13H12IN3S/c1-8-2-3-9(6-11(8)14)17-10-4-5-16-12(7-10)13(15)18/h2-7H,1H3,(H2,15,18)(H,16,17). The van der Waals surface area contributed by atoms with Crippen molar-refractivity contribution in [2.75, 3.05) is 5.32 Å². The van der Waals surface area contributed by atoms with Crippen molar-refractivity contribution in [3.05, 3.63) is 51.4 Å². The van der Waals surface area contributed by atoms with Crippen molar-refractivity contribution in [2.45, 2.75) is 6.92 Å². The largest absolute Gasteiger partial charge is 0.388 e. The lowest BCUT2D eigenvalue weighted by Gasteiger charge is -2.09. The molecule has 0 aliphatic rings. The van der Waals surface area contributed by atoms with Crippen LogP contribution in [0.3, 0.4) is 0 Å². The normalized spacial score (nSPS) is 10.1. The Labute approximate surface area is 125 Å². The summed E-state index contributed by atoms with van der Waals surface area (Å²) in [5, 5.41) is 3.31. The first kappa shape index (κ1) is 13.2. The fraction of sp³-hybridized carbons (Fsp3) is 0.0769. The van der Waals surface area contributed by atoms with Gasteiger partial charge in [-0.15, -0.1) is 0 Å². The second kappa shape index (κ2) is 5.62. The molecule has 92 valence electrons. The predicted octanol–water partition coefficient (Wildman–Crippen LogP) is 3.37. The number of hydrogen-bond acceptors (Lipinski definition) is 3. The van der Waals surface area contributed by atoms with Crippen LogP contribution in [0.4, 0.5) is 11.4 Å². The van der Waals surface area contributed by atoms with Crippen LogP contribution in [0.5, 0.6) is 0 Å². The van der Waals surface area contributed by atoms with Crippen LogP contribution >= 0.6 is 34.8 Å². The zero-order valence-electron chi connectivity index (χ0n) is 9.77. The third-order valence-corrected chi connectivity index (χ3v) is 3.84. The molecule has 1 aromatic heterocycles. The SMILES string of the molecule is Cc1ccc(Nc2ccnc(C(N)=S)c2)cc1I. The van der Waals surface area contributed by atoms with Gasteiger partial charge in [0.05, 0.1) is 5.69 Å². The number of hydrogen-bond donors (Lipinski definition) is 2. The summed E-state index contributed by atoms with van der Waals surface area (Å²) in [5.74, 6) is 0. The molecule has 0 bridgehead atoms. The van der Waals surface area contributed by atoms with Crippen LogP contribution in [0.2, 0.25) is 0 Å². The van der Waals surface area contributed by atoms with Crippen LogP contribution in [-0.2, 0) is 0 Å². The molecule has 0 aliphatic carbocycles. The Bertz CT molecular complexity index is 599. The first-order valence-corrected chi connectivity index (χ1v) is 6.84. The maximum Gasteiger partial charge on any atom is 0.122 e. The highest BCUT2D eigenvalue weighted by molar-refractivity contribution is 14.1. The molecule has 0 aliphatic heterocycles. The van der Waals surface area contributed by atoms with E-state index in [2.05, 4.69) is 51.9 Å². The third-order valence-electron chi connectivity index (χ3n) is 2.47. The van der Waals surface area contributed by atoms with Gasteiger partial charge in [-0.1, -0.05) is 18.3 Å². The van der Waals surface area contributed by atoms with Gasteiger partial charge in [0, 0.05) is 21.1 Å². The summed E-state index contributed by atoms with van der Waals surface area (Å²) in [6, 6.07) is 9.94. The molecule has 18 heavy (non-hydrogen) atoms. The second-order valence-corrected chi connectivity index (χ2v) is 5.48. The van der Waals surface area contributed by atoms with Crippen LogP contribution in [0.1, 0.15) is 11.3 Å². The Hall–Kier alpha value is -1.21. The van der Waals surface area contributed by atoms with Crippen LogP contribution in [-0.4, -0.2) is 9.97 Å². The molecule has 2 aromatic rings. The highest BCUT2D eigenvalue weighted by Gasteiger charge is 2.01. The molecule has 0 amide bonds. The van der Waals surface area contributed by atoms with E-state index in [4.69, 9.17) is 18.0 Å². The molecular formula is C13H12IN3S. The maximum absolute atomic E-state index is 5.56. The molecule has 0 saturated carbocycles. The molecule has 0 atom stereocenters. The fourth-order valence-electron chi connectivity index (χ4n) is 1.48. The molecule has 0 fully saturated rings. The Kier molecular flexibility index (Phi) is 4.13. The smallest absolute Gasteiger partial charge is 0.122 e. The molecule has 0 unspecified atom stereocenters. The lowest BCUT2D eigenvalue weighted by atomic mass is 10.2. The Morgan fingerprint density at radius 3 is 2.67 bits per heavy atom. The molecule has 3 nitrogen and oxygen atoms in total. The molecular weight excluding hydrogens is 357 g/mol. The average molecular weight is 369 g/mol. The van der Waals surface area contributed by atoms with E-state index in [1.165, 1.54) is 9.13 Å². The van der Waals surface area contributed by atoms with Gasteiger partial charge >= 0.3 is 0 Å². The van der Waals surface area contributed by atoms with Crippen molar-refractivity contribution >= 4 is 51.2 Å². The number of rotatable bonds is 3. The number of benzene rings is 1. The summed E-state index contributed by atoms with van der Waals surface area (Å²) in [7, 11) is 0. The number of anilines is 2. The van der Waals surface area contributed by atoms with Crippen molar-refractivity contribution in [1.82, 2.24) is 4.98 Å². The quantitative estimate of drug-likeness (QED) is 0.644. The first-order valence-electron chi connectivity index (χ1n) is 5.35. The first-order chi connectivity index (χ1) is 8.56. The summed E-state index contributed by atoms with van der Waals surface area (Å²) >= 11 is 7.23. The van der Waals surface area contributed by atoms with E-state index >= 15 is 0 Å². The summed E-state index contributed by atoms with van der Waals surface area (Å²) in [4.78, 5) is 4.41. The van der Waals surface area contributed by atoms with Crippen molar-refractivity contribution in [1.29, 1.82) is 0 Å². The molecule has 3 N–H and O–H groups in total. The summed E-state index contributed by atoms with van der Waals surface area (Å²) < 4.78 is 1.22. The number of nitrogens with two attached hydrogens (primary N) is 1. The molecule has 1 aromatic carbocycles. The number of nitrogens with one attached hydrogen (secondary N) is 1. The zero-order valence-corrected chi connectivity index (χ0v) is 12.7. The number of aryl methyl sites for hydroxylation is 1. The molecule has 1 heterocycles. The lowest BCUT2D eigenvalue weighted by molar-refractivity contribution is 1.29. The number of halogens is 1. The van der Waals surface area contributed by atoms with Crippen molar-refractivity contribution in [3.8, 4) is 0 Å². The van der Waals surface area contributed by atoms with Crippen LogP contribution < -0.4 is 11.1 Å². The minimum atomic E-state index is 0.303. The summed E-state index contributed by atoms with van der Waals surface area (Å²) in [6.45, 7) is 2.09. The van der Waals surface area contributed by atoms with E-state index in [0.29, 0.717) is 10.7 Å². The van der Waals surface area contributed by atoms with E-state index < -0.39 is 0 Å². The van der Waals surface area contributed by atoms with Gasteiger partial charge in [0.2, 0.25) is 0 Å². The minimum Gasteiger partial charge on any atom is -0.388 e. The van der Waals surface area contributed by atoms with E-state index in [9.17, 15) is 0 Å². The van der Waals surface area contributed by atoms with Gasteiger partial charge in [-0.05, 0) is 59.3 Å². The van der Waals surface area contributed by atoms with E-state index in [1.54, 1.807) is 6.20 Å². The molecule has 0 saturated heterocycles. The monoisotopic (exact) mass is 369 g/mol. The van der Waals surface area contributed by atoms with Crippen LogP contribution in [0, 0.1) is 10.5 Å². The van der Waals surface area contributed by atoms with Gasteiger partial charge in [0.15, 0.2) is 0 Å². The van der Waals surface area contributed by atoms with Crippen LogP contribution in [0.25, 0.3) is 0 Å². The van der Waals surface area contributed by atoms with E-state index in [0.717, 1.165) is 11.4 Å². The maximum atomic E-state index is 5.56. The highest BCUT2D eigenvalue weighted by Crippen LogP contribution is 2.21. The minimum absolute atomic E-state index is 0.303. The topological polar surface area (TPSA) is 50.9 Å². The van der Waals surface area contributed by atoms with Crippen molar-refractivity contribution < 1.29 is 0 Å². The van der Waals surface area contributed by atoms with Crippen molar-refractivity contribution in [3.63, 3.8) is 0 Å². The molecule has 5 heteroatoms. The van der Waals surface area contributed by atoms with Gasteiger partial charge in [-0.3, -0.25) is 4.98 Å². The average Bonchev–Trinajstić information content (AvgIpc) is 2.34. The third kappa shape index (κ3) is 3.17. The second-order valence-electron chi connectivity index (χ2n) is 3.88. The Balaban J connectivity index is 2.25. The number of pyridine rings is 1. The lowest BCUT2D eigenvalue weighted by Crippen LogP contribution is -2.11. The summed E-state index contributed by atoms with van der Waals surface area (Å²) in [6.07, 6.45) is 1.69. The van der Waals surface area contributed by atoms with Gasteiger partial charge in [-0.2, -0.15) is 0 Å². The Morgan fingerprint density at radius 2 is 2.00 bits per heavy atom. The van der Waals surface area contributed by atoms with E-state index in [1.807, 2.05) is 18.2 Å². The number of aromatic nitrogens is 1. The molecule has 2 rings (SSSR count). The van der Waals surface area contributed by atoms with Crippen molar-refractivity contribution in [2.24, 2.45) is 5.73 Å². The molecule has 0 radical (unpaired) electrons. The summed E-state index contributed by atoms with van der Waals surface area (Å²) in [5.41, 5.74) is 9.40. The van der Waals surface area contributed by atoms with Gasteiger partial charge in [0.1, 0.15) is 4.99 Å². The Morgan fingerprint density at radius 1 is 1.28 bits per heavy atom. The predicted molar refractivity (Wildman–Crippen MR) is 87.3 cm³/mol.